The molecule has 2 saturated carbocycles. The van der Waals surface area contributed by atoms with Crippen LogP contribution in [0.5, 0.6) is 0 Å². The second-order valence-corrected chi connectivity index (χ2v) is 3.24. The van der Waals surface area contributed by atoms with Crippen LogP contribution in [0.2, 0.25) is 0 Å². The zero-order chi connectivity index (χ0) is 7.14. The Bertz CT molecular complexity index is 165. The molecular weight excluding hydrogens is 128 g/mol. The van der Waals surface area contributed by atoms with Crippen LogP contribution in [0.4, 0.5) is 0 Å². The first-order valence-corrected chi connectivity index (χ1v) is 3.91. The van der Waals surface area contributed by atoms with Crippen molar-refractivity contribution in [2.75, 3.05) is 7.11 Å². The quantitative estimate of drug-likeness (QED) is 0.543. The van der Waals surface area contributed by atoms with Crippen molar-refractivity contribution in [3.05, 3.63) is 0 Å². The van der Waals surface area contributed by atoms with Crippen molar-refractivity contribution >= 4 is 5.78 Å². The van der Waals surface area contributed by atoms with Crippen LogP contribution in [-0.4, -0.2) is 19.0 Å². The number of methoxy groups -OCH3 is 1. The summed E-state index contributed by atoms with van der Waals surface area (Å²) in [6.07, 6.45) is 3.63. The summed E-state index contributed by atoms with van der Waals surface area (Å²) in [5.41, 5.74) is 0. The lowest BCUT2D eigenvalue weighted by Crippen LogP contribution is -2.18. The van der Waals surface area contributed by atoms with Crippen LogP contribution in [0, 0.1) is 11.8 Å². The van der Waals surface area contributed by atoms with E-state index in [0.29, 0.717) is 17.6 Å². The van der Waals surface area contributed by atoms with Crippen molar-refractivity contribution in [1.82, 2.24) is 0 Å². The first-order chi connectivity index (χ1) is 4.84. The molecular formula is C8H12O2. The van der Waals surface area contributed by atoms with E-state index in [0.717, 1.165) is 12.8 Å². The Kier molecular flexibility index (Phi) is 1.31. The number of ether oxygens (including phenoxy) is 1. The van der Waals surface area contributed by atoms with E-state index in [1.54, 1.807) is 7.11 Å². The number of ketones is 1. The van der Waals surface area contributed by atoms with Crippen molar-refractivity contribution in [3.63, 3.8) is 0 Å². The number of carbonyl (C=O) groups is 1. The van der Waals surface area contributed by atoms with Gasteiger partial charge in [0, 0.05) is 13.0 Å². The smallest absolute Gasteiger partial charge is 0.143 e. The summed E-state index contributed by atoms with van der Waals surface area (Å²) in [6, 6.07) is 0. The van der Waals surface area contributed by atoms with Gasteiger partial charge < -0.3 is 4.74 Å². The summed E-state index contributed by atoms with van der Waals surface area (Å²) in [5, 5.41) is 0. The van der Waals surface area contributed by atoms with E-state index < -0.39 is 0 Å². The lowest BCUT2D eigenvalue weighted by atomic mass is 9.98. The van der Waals surface area contributed by atoms with Crippen LogP contribution < -0.4 is 0 Å². The first-order valence-electron chi connectivity index (χ1n) is 3.91. The summed E-state index contributed by atoms with van der Waals surface area (Å²) in [6.45, 7) is 0. The molecule has 2 rings (SSSR count). The lowest BCUT2D eigenvalue weighted by molar-refractivity contribution is -0.113. The molecule has 0 saturated heterocycles. The highest BCUT2D eigenvalue weighted by molar-refractivity contribution is 6.00. The molecule has 0 spiro atoms. The average molecular weight is 140 g/mol. The maximum Gasteiger partial charge on any atom is 0.143 e. The molecule has 0 aliphatic heterocycles. The number of hydrogen-bond donors (Lipinski definition) is 0. The number of fused-ring (bicyclic) bond motifs is 1. The van der Waals surface area contributed by atoms with Crippen LogP contribution in [0.1, 0.15) is 19.3 Å². The molecule has 0 aromatic carbocycles. The number of hydrogen-bond acceptors (Lipinski definition) is 2. The summed E-state index contributed by atoms with van der Waals surface area (Å²) in [5.74, 6) is 1.13. The van der Waals surface area contributed by atoms with Crippen LogP contribution in [-0.2, 0) is 9.53 Å². The van der Waals surface area contributed by atoms with Gasteiger partial charge in [0.2, 0.25) is 0 Å². The van der Waals surface area contributed by atoms with Crippen molar-refractivity contribution in [3.8, 4) is 0 Å². The molecule has 1 unspecified atom stereocenters. The molecule has 10 heavy (non-hydrogen) atoms. The van der Waals surface area contributed by atoms with E-state index in [1.807, 2.05) is 0 Å². The van der Waals surface area contributed by atoms with Gasteiger partial charge in [-0.1, -0.05) is 6.42 Å². The Morgan fingerprint density at radius 2 is 2.30 bits per heavy atom. The number of rotatable bonds is 1. The highest BCUT2D eigenvalue weighted by Crippen LogP contribution is 2.46. The van der Waals surface area contributed by atoms with Gasteiger partial charge in [-0.05, 0) is 12.8 Å². The maximum absolute atomic E-state index is 11.0. The molecule has 0 aromatic heterocycles. The van der Waals surface area contributed by atoms with Gasteiger partial charge >= 0.3 is 0 Å². The molecule has 2 aliphatic carbocycles. The lowest BCUT2D eigenvalue weighted by Gasteiger charge is -2.17. The SMILES string of the molecule is CO[C@@H]1CCCC2C(=O)[C@H]21. The summed E-state index contributed by atoms with van der Waals surface area (Å²) in [4.78, 5) is 11.0. The molecule has 0 amide bonds. The van der Waals surface area contributed by atoms with Crippen molar-refractivity contribution < 1.29 is 9.53 Å². The average Bonchev–Trinajstić information content (AvgIpc) is 2.63. The molecule has 0 bridgehead atoms. The normalized spacial score (nSPS) is 44.9. The molecule has 56 valence electrons. The minimum Gasteiger partial charge on any atom is -0.381 e. The Balaban J connectivity index is 2.04. The van der Waals surface area contributed by atoms with Gasteiger partial charge in [0.25, 0.3) is 0 Å². The van der Waals surface area contributed by atoms with E-state index in [1.165, 1.54) is 6.42 Å². The predicted octanol–water partition coefficient (Wildman–Crippen LogP) is 1.00. The third-order valence-electron chi connectivity index (χ3n) is 2.73. The van der Waals surface area contributed by atoms with Gasteiger partial charge in [0.05, 0.1) is 12.0 Å². The summed E-state index contributed by atoms with van der Waals surface area (Å²) >= 11 is 0. The third kappa shape index (κ3) is 0.717. The third-order valence-corrected chi connectivity index (χ3v) is 2.73. The molecule has 2 aliphatic rings. The van der Waals surface area contributed by atoms with Gasteiger partial charge in [-0.15, -0.1) is 0 Å². The molecule has 0 heterocycles. The molecule has 0 N–H and O–H groups in total. The molecule has 3 atom stereocenters. The van der Waals surface area contributed by atoms with Crippen molar-refractivity contribution in [2.24, 2.45) is 11.8 Å². The van der Waals surface area contributed by atoms with Crippen molar-refractivity contribution in [2.45, 2.75) is 25.4 Å². The second-order valence-electron chi connectivity index (χ2n) is 3.24. The molecule has 2 heteroatoms. The van der Waals surface area contributed by atoms with E-state index >= 15 is 0 Å². The van der Waals surface area contributed by atoms with Crippen LogP contribution >= 0.6 is 0 Å². The zero-order valence-corrected chi connectivity index (χ0v) is 6.17. The highest BCUT2D eigenvalue weighted by atomic mass is 16.5. The van der Waals surface area contributed by atoms with E-state index in [4.69, 9.17) is 4.74 Å². The van der Waals surface area contributed by atoms with E-state index in [-0.39, 0.29) is 6.10 Å². The molecule has 2 fully saturated rings. The largest absolute Gasteiger partial charge is 0.381 e. The fourth-order valence-corrected chi connectivity index (χ4v) is 2.06. The van der Waals surface area contributed by atoms with Crippen LogP contribution in [0.25, 0.3) is 0 Å². The maximum atomic E-state index is 11.0. The fourth-order valence-electron chi connectivity index (χ4n) is 2.06. The van der Waals surface area contributed by atoms with Crippen LogP contribution in [0.15, 0.2) is 0 Å². The Hall–Kier alpha value is -0.370. The molecule has 0 radical (unpaired) electrons. The van der Waals surface area contributed by atoms with E-state index in [9.17, 15) is 4.79 Å². The topological polar surface area (TPSA) is 26.3 Å². The van der Waals surface area contributed by atoms with Gasteiger partial charge in [-0.2, -0.15) is 0 Å². The minimum absolute atomic E-state index is 0.256. The van der Waals surface area contributed by atoms with Gasteiger partial charge in [0.1, 0.15) is 5.78 Å². The summed E-state index contributed by atoms with van der Waals surface area (Å²) in [7, 11) is 1.71. The summed E-state index contributed by atoms with van der Waals surface area (Å²) < 4.78 is 5.19. The molecule has 0 aromatic rings. The van der Waals surface area contributed by atoms with E-state index in [2.05, 4.69) is 0 Å². The molecule has 2 nitrogen and oxygen atoms in total. The van der Waals surface area contributed by atoms with Gasteiger partial charge in [-0.3, -0.25) is 4.79 Å². The zero-order valence-electron chi connectivity index (χ0n) is 6.17. The van der Waals surface area contributed by atoms with Gasteiger partial charge in [0.15, 0.2) is 0 Å². The van der Waals surface area contributed by atoms with Crippen LogP contribution in [0.3, 0.4) is 0 Å². The second kappa shape index (κ2) is 2.06. The Morgan fingerprint density at radius 1 is 1.50 bits per heavy atom. The Morgan fingerprint density at radius 3 is 2.90 bits per heavy atom. The monoisotopic (exact) mass is 140 g/mol. The first kappa shape index (κ1) is 6.35. The number of Topliss-reactive ketones (excluding diaryl/α,β-unsaturated/α-hetero) is 1. The standard InChI is InChI=1S/C8H12O2/c1-10-6-4-2-3-5-7(6)8(5)9/h5-7H,2-4H2,1H3/t5?,6-,7-/m1/s1. The number of carbonyl (C=O) groups excluding carboxylic acids is 1. The Labute approximate surface area is 60.6 Å². The minimum atomic E-state index is 0.256. The highest BCUT2D eigenvalue weighted by Gasteiger charge is 2.55. The fraction of sp³-hybridized carbons (Fsp3) is 0.875. The predicted molar refractivity (Wildman–Crippen MR) is 36.6 cm³/mol. The van der Waals surface area contributed by atoms with Crippen molar-refractivity contribution in [1.29, 1.82) is 0 Å². The van der Waals surface area contributed by atoms with Gasteiger partial charge in [-0.25, -0.2) is 0 Å².